The van der Waals surface area contributed by atoms with Gasteiger partial charge in [0, 0.05) is 12.1 Å². The number of nitrogens with one attached hydrogen (secondary N) is 1. The maximum atomic E-state index is 13.6. The Labute approximate surface area is 121 Å². The van der Waals surface area contributed by atoms with Crippen molar-refractivity contribution in [1.82, 2.24) is 0 Å². The van der Waals surface area contributed by atoms with Crippen molar-refractivity contribution in [2.24, 2.45) is 0 Å². The van der Waals surface area contributed by atoms with E-state index in [1.165, 1.54) is 12.1 Å². The largest absolute Gasteiger partial charge is 0.376 e. The minimum atomic E-state index is -0.975. The Bertz CT molecular complexity index is 645. The van der Waals surface area contributed by atoms with Gasteiger partial charge in [0.1, 0.15) is 11.6 Å². The van der Waals surface area contributed by atoms with Gasteiger partial charge in [-0.1, -0.05) is 6.07 Å². The van der Waals surface area contributed by atoms with Crippen LogP contribution in [0.1, 0.15) is 18.5 Å². The van der Waals surface area contributed by atoms with Crippen LogP contribution in [0.5, 0.6) is 0 Å². The molecule has 20 heavy (non-hydrogen) atoms. The summed E-state index contributed by atoms with van der Waals surface area (Å²) in [7, 11) is 0. The van der Waals surface area contributed by atoms with E-state index in [-0.39, 0.29) is 10.2 Å². The summed E-state index contributed by atoms with van der Waals surface area (Å²) in [5, 5.41) is 2.78. The van der Waals surface area contributed by atoms with Gasteiger partial charge in [-0.05, 0) is 46.6 Å². The van der Waals surface area contributed by atoms with E-state index in [9.17, 15) is 17.6 Å². The second kappa shape index (κ2) is 5.83. The Morgan fingerprint density at radius 2 is 1.60 bits per heavy atom. The number of hydrogen-bond donors (Lipinski definition) is 1. The topological polar surface area (TPSA) is 12.0 Å². The standard InChI is InChI=1S/C14H10BrF4N/c1-7(8-2-3-10(16)12(18)4-8)20-14-5-9(15)11(17)6-13(14)19/h2-7,20H,1H3. The van der Waals surface area contributed by atoms with Gasteiger partial charge < -0.3 is 5.32 Å². The molecule has 0 radical (unpaired) electrons. The number of anilines is 1. The predicted octanol–water partition coefficient (Wildman–Crippen LogP) is 5.18. The molecule has 0 aliphatic heterocycles. The van der Waals surface area contributed by atoms with Gasteiger partial charge in [0.2, 0.25) is 0 Å². The molecule has 1 nitrogen and oxygen atoms in total. The van der Waals surface area contributed by atoms with Crippen molar-refractivity contribution in [3.63, 3.8) is 0 Å². The van der Waals surface area contributed by atoms with Crippen LogP contribution in [0.15, 0.2) is 34.8 Å². The van der Waals surface area contributed by atoms with E-state index >= 15 is 0 Å². The number of hydrogen-bond acceptors (Lipinski definition) is 1. The fourth-order valence-electron chi connectivity index (χ4n) is 1.73. The molecule has 0 aliphatic carbocycles. The lowest BCUT2D eigenvalue weighted by Gasteiger charge is -2.17. The first-order valence-electron chi connectivity index (χ1n) is 5.74. The van der Waals surface area contributed by atoms with Crippen molar-refractivity contribution in [1.29, 1.82) is 0 Å². The molecule has 0 aliphatic rings. The van der Waals surface area contributed by atoms with Gasteiger partial charge in [-0.3, -0.25) is 0 Å². The van der Waals surface area contributed by atoms with Gasteiger partial charge >= 0.3 is 0 Å². The maximum Gasteiger partial charge on any atom is 0.159 e. The summed E-state index contributed by atoms with van der Waals surface area (Å²) < 4.78 is 52.8. The van der Waals surface area contributed by atoms with Crippen LogP contribution in [-0.4, -0.2) is 0 Å². The first-order chi connectivity index (χ1) is 9.38. The van der Waals surface area contributed by atoms with E-state index in [0.29, 0.717) is 5.56 Å². The molecular weight excluding hydrogens is 338 g/mol. The number of halogens is 5. The first kappa shape index (κ1) is 14.8. The molecule has 0 saturated heterocycles. The van der Waals surface area contributed by atoms with Crippen molar-refractivity contribution in [3.8, 4) is 0 Å². The van der Waals surface area contributed by atoms with Crippen molar-refractivity contribution in [3.05, 3.63) is 63.6 Å². The molecule has 0 heterocycles. The molecule has 0 aromatic heterocycles. The molecule has 0 fully saturated rings. The third kappa shape index (κ3) is 3.12. The van der Waals surface area contributed by atoms with Crippen LogP contribution >= 0.6 is 15.9 Å². The van der Waals surface area contributed by atoms with E-state index in [1.54, 1.807) is 6.92 Å². The Kier molecular flexibility index (Phi) is 4.32. The number of rotatable bonds is 3. The van der Waals surface area contributed by atoms with Crippen LogP contribution < -0.4 is 5.32 Å². The second-order valence-electron chi connectivity index (χ2n) is 4.29. The molecule has 1 N–H and O–H groups in total. The molecule has 106 valence electrons. The molecule has 6 heteroatoms. The van der Waals surface area contributed by atoms with E-state index in [1.807, 2.05) is 0 Å². The van der Waals surface area contributed by atoms with E-state index in [2.05, 4.69) is 21.2 Å². The average molecular weight is 348 g/mol. The highest BCUT2D eigenvalue weighted by atomic mass is 79.9. The highest BCUT2D eigenvalue weighted by Crippen LogP contribution is 2.27. The fraction of sp³-hybridized carbons (Fsp3) is 0.143. The van der Waals surface area contributed by atoms with Gasteiger partial charge in [-0.25, -0.2) is 17.6 Å². The van der Waals surface area contributed by atoms with Gasteiger partial charge in [-0.15, -0.1) is 0 Å². The van der Waals surface area contributed by atoms with Crippen LogP contribution in [0.3, 0.4) is 0 Å². The molecule has 2 aromatic carbocycles. The lowest BCUT2D eigenvalue weighted by atomic mass is 10.1. The molecule has 2 rings (SSSR count). The van der Waals surface area contributed by atoms with Gasteiger partial charge in [0.05, 0.1) is 10.2 Å². The summed E-state index contributed by atoms with van der Waals surface area (Å²) >= 11 is 2.96. The molecule has 1 atom stereocenters. The van der Waals surface area contributed by atoms with E-state index in [0.717, 1.165) is 18.2 Å². The van der Waals surface area contributed by atoms with Crippen LogP contribution in [-0.2, 0) is 0 Å². The lowest BCUT2D eigenvalue weighted by Crippen LogP contribution is -2.09. The summed E-state index contributed by atoms with van der Waals surface area (Å²) in [6, 6.07) is 4.94. The summed E-state index contributed by atoms with van der Waals surface area (Å²) in [6.07, 6.45) is 0. The Balaban J connectivity index is 2.25. The zero-order valence-corrected chi connectivity index (χ0v) is 11.9. The molecule has 2 aromatic rings. The lowest BCUT2D eigenvalue weighted by molar-refractivity contribution is 0.506. The molecular formula is C14H10BrF4N. The summed E-state index contributed by atoms with van der Waals surface area (Å²) in [5.41, 5.74) is 0.513. The Hall–Kier alpha value is -1.56. The highest BCUT2D eigenvalue weighted by Gasteiger charge is 2.13. The van der Waals surface area contributed by atoms with Gasteiger partial charge in [-0.2, -0.15) is 0 Å². The second-order valence-corrected chi connectivity index (χ2v) is 5.14. The zero-order valence-electron chi connectivity index (χ0n) is 10.4. The van der Waals surface area contributed by atoms with E-state index < -0.39 is 29.3 Å². The smallest absolute Gasteiger partial charge is 0.159 e. The quantitative estimate of drug-likeness (QED) is 0.595. The van der Waals surface area contributed by atoms with E-state index in [4.69, 9.17) is 0 Å². The van der Waals surface area contributed by atoms with Crippen LogP contribution in [0.25, 0.3) is 0 Å². The first-order valence-corrected chi connectivity index (χ1v) is 6.54. The Morgan fingerprint density at radius 3 is 2.25 bits per heavy atom. The molecule has 0 spiro atoms. The summed E-state index contributed by atoms with van der Waals surface area (Å²) in [6.45, 7) is 1.66. The summed E-state index contributed by atoms with van der Waals surface area (Å²) in [5.74, 6) is -3.40. The van der Waals surface area contributed by atoms with Crippen LogP contribution in [0.4, 0.5) is 23.2 Å². The SMILES string of the molecule is CC(Nc1cc(Br)c(F)cc1F)c1ccc(F)c(F)c1. The minimum absolute atomic E-state index is 0.0653. The molecule has 1 unspecified atom stereocenters. The van der Waals surface area contributed by atoms with Crippen molar-refractivity contribution in [2.75, 3.05) is 5.32 Å². The normalized spacial score (nSPS) is 12.3. The molecule has 0 saturated carbocycles. The van der Waals surface area contributed by atoms with Crippen molar-refractivity contribution >= 4 is 21.6 Å². The average Bonchev–Trinajstić information content (AvgIpc) is 2.39. The summed E-state index contributed by atoms with van der Waals surface area (Å²) in [4.78, 5) is 0. The van der Waals surface area contributed by atoms with Crippen molar-refractivity contribution < 1.29 is 17.6 Å². The van der Waals surface area contributed by atoms with Gasteiger partial charge in [0.15, 0.2) is 11.6 Å². The molecule has 0 amide bonds. The van der Waals surface area contributed by atoms with Crippen molar-refractivity contribution in [2.45, 2.75) is 13.0 Å². The highest BCUT2D eigenvalue weighted by molar-refractivity contribution is 9.10. The monoisotopic (exact) mass is 347 g/mol. The number of benzene rings is 2. The van der Waals surface area contributed by atoms with Gasteiger partial charge in [0.25, 0.3) is 0 Å². The third-order valence-corrected chi connectivity index (χ3v) is 3.43. The van der Waals surface area contributed by atoms with Crippen LogP contribution in [0.2, 0.25) is 0 Å². The molecule has 0 bridgehead atoms. The Morgan fingerprint density at radius 1 is 0.900 bits per heavy atom. The predicted molar refractivity (Wildman–Crippen MR) is 72.5 cm³/mol. The fourth-order valence-corrected chi connectivity index (χ4v) is 2.07. The van der Waals surface area contributed by atoms with Crippen LogP contribution in [0, 0.1) is 23.3 Å². The third-order valence-electron chi connectivity index (χ3n) is 2.83. The minimum Gasteiger partial charge on any atom is -0.376 e. The maximum absolute atomic E-state index is 13.6. The zero-order chi connectivity index (χ0) is 14.9.